The number of nitrogens with one attached hydrogen (secondary N) is 1. The molecule has 6 nitrogen and oxygen atoms in total. The molecule has 0 saturated carbocycles. The van der Waals surface area contributed by atoms with Crippen LogP contribution in [0.1, 0.15) is 18.1 Å². The molecule has 0 saturated heterocycles. The molecule has 1 aromatic heterocycles. The molecule has 1 heterocycles. The van der Waals surface area contributed by atoms with Crippen LogP contribution in [0.2, 0.25) is 0 Å². The third-order valence-corrected chi connectivity index (χ3v) is 4.37. The highest BCUT2D eigenvalue weighted by Crippen LogP contribution is 2.32. The second-order valence-corrected chi connectivity index (χ2v) is 6.24. The zero-order valence-corrected chi connectivity index (χ0v) is 15.9. The lowest BCUT2D eigenvalue weighted by atomic mass is 10.2. The van der Waals surface area contributed by atoms with Crippen molar-refractivity contribution in [2.75, 3.05) is 29.6 Å². The van der Waals surface area contributed by atoms with Gasteiger partial charge in [-0.15, -0.1) is 0 Å². The molecule has 2 aromatic carbocycles. The fourth-order valence-electron chi connectivity index (χ4n) is 2.92. The van der Waals surface area contributed by atoms with Crippen molar-refractivity contribution in [1.82, 2.24) is 9.97 Å². The Morgan fingerprint density at radius 1 is 1.11 bits per heavy atom. The first kappa shape index (κ1) is 18.5. The zero-order valence-electron chi connectivity index (χ0n) is 15.9. The minimum Gasteiger partial charge on any atom is -0.497 e. The quantitative estimate of drug-likeness (QED) is 0.657. The summed E-state index contributed by atoms with van der Waals surface area (Å²) in [6, 6.07) is 16.2. The normalized spacial score (nSPS) is 10.5. The van der Waals surface area contributed by atoms with Gasteiger partial charge in [-0.2, -0.15) is 0 Å². The largest absolute Gasteiger partial charge is 0.497 e. The molecule has 0 spiro atoms. The van der Waals surface area contributed by atoms with Gasteiger partial charge in [0.25, 0.3) is 0 Å². The van der Waals surface area contributed by atoms with Gasteiger partial charge in [0.05, 0.1) is 7.11 Å². The van der Waals surface area contributed by atoms with Crippen molar-refractivity contribution in [2.45, 2.75) is 20.4 Å². The van der Waals surface area contributed by atoms with E-state index >= 15 is 0 Å². The summed E-state index contributed by atoms with van der Waals surface area (Å²) in [4.78, 5) is 10.8. The summed E-state index contributed by atoms with van der Waals surface area (Å²) in [7, 11) is 1.66. The van der Waals surface area contributed by atoms with Crippen LogP contribution >= 0.6 is 0 Å². The van der Waals surface area contributed by atoms with E-state index in [1.165, 1.54) is 5.56 Å². The Balaban J connectivity index is 1.81. The molecule has 0 radical (unpaired) electrons. The van der Waals surface area contributed by atoms with Crippen LogP contribution in [0, 0.1) is 6.92 Å². The highest BCUT2D eigenvalue weighted by molar-refractivity contribution is 5.79. The van der Waals surface area contributed by atoms with Crippen LogP contribution in [-0.4, -0.2) is 23.6 Å². The monoisotopic (exact) mass is 363 g/mol. The van der Waals surface area contributed by atoms with Crippen LogP contribution in [0.4, 0.5) is 23.0 Å². The number of aromatic nitrogens is 2. The number of nitrogen functional groups attached to an aromatic ring is 1. The van der Waals surface area contributed by atoms with Crippen molar-refractivity contribution in [2.24, 2.45) is 0 Å². The summed E-state index contributed by atoms with van der Waals surface area (Å²) >= 11 is 0. The number of hydrogen-bond donors (Lipinski definition) is 2. The summed E-state index contributed by atoms with van der Waals surface area (Å²) in [5.74, 6) is 2.16. The van der Waals surface area contributed by atoms with Crippen molar-refractivity contribution in [3.05, 3.63) is 66.0 Å². The number of methoxy groups -OCH3 is 1. The Morgan fingerprint density at radius 3 is 2.56 bits per heavy atom. The Bertz CT molecular complexity index is 895. The van der Waals surface area contributed by atoms with Crippen molar-refractivity contribution in [1.29, 1.82) is 0 Å². The lowest BCUT2D eigenvalue weighted by molar-refractivity contribution is 0.414. The molecule has 0 unspecified atom stereocenters. The van der Waals surface area contributed by atoms with E-state index in [0.29, 0.717) is 23.9 Å². The van der Waals surface area contributed by atoms with Gasteiger partial charge in [-0.3, -0.25) is 0 Å². The smallest absolute Gasteiger partial charge is 0.161 e. The number of hydrogen-bond acceptors (Lipinski definition) is 6. The van der Waals surface area contributed by atoms with Gasteiger partial charge in [-0.05, 0) is 49.2 Å². The molecule has 0 bridgehead atoms. The van der Waals surface area contributed by atoms with E-state index in [1.54, 1.807) is 13.4 Å². The number of anilines is 4. The van der Waals surface area contributed by atoms with E-state index in [2.05, 4.69) is 52.2 Å². The summed E-state index contributed by atoms with van der Waals surface area (Å²) in [5.41, 5.74) is 10.3. The fraction of sp³-hybridized carbons (Fsp3) is 0.238. The van der Waals surface area contributed by atoms with Gasteiger partial charge in [0.15, 0.2) is 11.6 Å². The van der Waals surface area contributed by atoms with Crippen LogP contribution in [0.15, 0.2) is 54.9 Å². The highest BCUT2D eigenvalue weighted by Gasteiger charge is 2.15. The summed E-state index contributed by atoms with van der Waals surface area (Å²) in [5, 5.41) is 3.31. The number of nitrogens with two attached hydrogens (primary N) is 1. The second kappa shape index (κ2) is 8.40. The lowest BCUT2D eigenvalue weighted by Crippen LogP contribution is -2.20. The molecule has 0 aliphatic rings. The Kier molecular flexibility index (Phi) is 5.76. The predicted octanol–water partition coefficient (Wildman–Crippen LogP) is 4.15. The topological polar surface area (TPSA) is 76.3 Å². The Morgan fingerprint density at radius 2 is 1.89 bits per heavy atom. The van der Waals surface area contributed by atoms with E-state index in [1.807, 2.05) is 30.3 Å². The van der Waals surface area contributed by atoms with Gasteiger partial charge in [0.2, 0.25) is 0 Å². The number of nitrogens with zero attached hydrogens (tertiary/aromatic N) is 3. The third kappa shape index (κ3) is 4.28. The molecule has 3 N–H and O–H groups in total. The molecule has 140 valence electrons. The number of rotatable bonds is 7. The number of ether oxygens (including phenoxy) is 1. The van der Waals surface area contributed by atoms with Crippen LogP contribution in [0.25, 0.3) is 0 Å². The average Bonchev–Trinajstić information content (AvgIpc) is 2.69. The van der Waals surface area contributed by atoms with Gasteiger partial charge in [0, 0.05) is 18.8 Å². The van der Waals surface area contributed by atoms with Crippen LogP contribution in [-0.2, 0) is 6.54 Å². The Hall–Kier alpha value is -3.28. The van der Waals surface area contributed by atoms with E-state index in [0.717, 1.165) is 23.5 Å². The van der Waals surface area contributed by atoms with Crippen LogP contribution < -0.4 is 20.7 Å². The predicted molar refractivity (Wildman–Crippen MR) is 111 cm³/mol. The first-order chi connectivity index (χ1) is 13.1. The van der Waals surface area contributed by atoms with E-state index in [4.69, 9.17) is 10.5 Å². The van der Waals surface area contributed by atoms with Crippen molar-refractivity contribution in [3.8, 4) is 5.75 Å². The maximum absolute atomic E-state index is 6.40. The molecule has 3 aromatic rings. The average molecular weight is 363 g/mol. The summed E-state index contributed by atoms with van der Waals surface area (Å²) in [6.45, 7) is 5.51. The molecule has 0 aliphatic heterocycles. The highest BCUT2D eigenvalue weighted by atomic mass is 16.5. The van der Waals surface area contributed by atoms with E-state index in [-0.39, 0.29) is 0 Å². The van der Waals surface area contributed by atoms with Gasteiger partial charge >= 0.3 is 0 Å². The van der Waals surface area contributed by atoms with Crippen molar-refractivity contribution >= 4 is 23.0 Å². The summed E-state index contributed by atoms with van der Waals surface area (Å²) in [6.07, 6.45) is 1.54. The van der Waals surface area contributed by atoms with Gasteiger partial charge in [-0.1, -0.05) is 24.3 Å². The maximum Gasteiger partial charge on any atom is 0.161 e. The second-order valence-electron chi connectivity index (χ2n) is 6.24. The standard InChI is InChI=1S/C21H25N5O/c1-4-26(17-7-5-6-15(2)12-17)21-19(22)20(24-14-25-21)23-13-16-8-10-18(27-3)11-9-16/h5-12,14H,4,13,22H2,1-3H3,(H,23,24,25). The van der Waals surface area contributed by atoms with Crippen LogP contribution in [0.3, 0.4) is 0 Å². The third-order valence-electron chi connectivity index (χ3n) is 4.37. The first-order valence-corrected chi connectivity index (χ1v) is 8.94. The molecule has 0 aliphatic carbocycles. The minimum absolute atomic E-state index is 0.536. The molecule has 3 rings (SSSR count). The molecular formula is C21H25N5O. The maximum atomic E-state index is 6.40. The Labute approximate surface area is 160 Å². The fourth-order valence-corrected chi connectivity index (χ4v) is 2.92. The summed E-state index contributed by atoms with van der Waals surface area (Å²) < 4.78 is 5.19. The molecular weight excluding hydrogens is 338 g/mol. The van der Waals surface area contributed by atoms with E-state index < -0.39 is 0 Å². The molecule has 0 fully saturated rings. The lowest BCUT2D eigenvalue weighted by Gasteiger charge is -2.24. The van der Waals surface area contributed by atoms with Crippen molar-refractivity contribution in [3.63, 3.8) is 0 Å². The first-order valence-electron chi connectivity index (χ1n) is 8.94. The van der Waals surface area contributed by atoms with E-state index in [9.17, 15) is 0 Å². The number of aryl methyl sites for hydroxylation is 1. The minimum atomic E-state index is 0.536. The zero-order chi connectivity index (χ0) is 19.2. The van der Waals surface area contributed by atoms with Gasteiger partial charge < -0.3 is 20.7 Å². The van der Waals surface area contributed by atoms with Crippen molar-refractivity contribution < 1.29 is 4.74 Å². The van der Waals surface area contributed by atoms with Crippen LogP contribution in [0.5, 0.6) is 5.75 Å². The molecule has 0 atom stereocenters. The van der Waals surface area contributed by atoms with Gasteiger partial charge in [-0.25, -0.2) is 9.97 Å². The molecule has 0 amide bonds. The molecule has 6 heteroatoms. The number of benzene rings is 2. The molecule has 27 heavy (non-hydrogen) atoms. The van der Waals surface area contributed by atoms with Gasteiger partial charge in [0.1, 0.15) is 17.8 Å². The SMILES string of the molecule is CCN(c1cccc(C)c1)c1ncnc(NCc2ccc(OC)cc2)c1N.